The summed E-state index contributed by atoms with van der Waals surface area (Å²) < 4.78 is 0. The van der Waals surface area contributed by atoms with Crippen LogP contribution in [-0.4, -0.2) is 35.1 Å². The second-order valence-corrected chi connectivity index (χ2v) is 7.23. The van der Waals surface area contributed by atoms with Crippen molar-refractivity contribution in [3.63, 3.8) is 0 Å². The van der Waals surface area contributed by atoms with E-state index in [4.69, 9.17) is 0 Å². The Morgan fingerprint density at radius 3 is 2.52 bits per heavy atom. The van der Waals surface area contributed by atoms with Gasteiger partial charge in [0.25, 0.3) is 0 Å². The number of amides is 2. The monoisotopic (exact) mass is 314 g/mol. The molecule has 4 rings (SSSR count). The smallest absolute Gasteiger partial charge is 0.407 e. The van der Waals surface area contributed by atoms with Gasteiger partial charge in [-0.1, -0.05) is 30.7 Å². The van der Waals surface area contributed by atoms with Crippen LogP contribution in [0.5, 0.6) is 0 Å². The van der Waals surface area contributed by atoms with E-state index in [1.807, 2.05) is 12.1 Å². The van der Waals surface area contributed by atoms with Crippen molar-refractivity contribution < 1.29 is 14.7 Å². The zero-order chi connectivity index (χ0) is 16.1. The fourth-order valence-corrected chi connectivity index (χ4v) is 4.90. The molecule has 122 valence electrons. The lowest BCUT2D eigenvalue weighted by Gasteiger charge is -2.42. The van der Waals surface area contributed by atoms with Crippen LogP contribution in [0.1, 0.15) is 48.8 Å². The van der Waals surface area contributed by atoms with E-state index in [2.05, 4.69) is 17.4 Å². The van der Waals surface area contributed by atoms with Crippen molar-refractivity contribution >= 4 is 12.0 Å². The predicted molar refractivity (Wildman–Crippen MR) is 85.1 cm³/mol. The molecule has 0 aromatic heterocycles. The van der Waals surface area contributed by atoms with Crippen LogP contribution in [0.4, 0.5) is 4.79 Å². The van der Waals surface area contributed by atoms with Crippen molar-refractivity contribution in [3.8, 4) is 0 Å². The molecule has 3 fully saturated rings. The van der Waals surface area contributed by atoms with E-state index in [0.29, 0.717) is 5.92 Å². The first-order valence-corrected chi connectivity index (χ1v) is 8.41. The van der Waals surface area contributed by atoms with Crippen LogP contribution >= 0.6 is 0 Å². The zero-order valence-corrected chi connectivity index (χ0v) is 13.2. The van der Waals surface area contributed by atoms with Crippen molar-refractivity contribution in [3.05, 3.63) is 35.4 Å². The number of carbonyl (C=O) groups is 2. The maximum atomic E-state index is 11.9. The molecule has 2 bridgehead atoms. The normalized spacial score (nSPS) is 34.8. The molecule has 3 aliphatic rings. The standard InChI is InChI=1S/C18H22N2O3/c1-20(18(22)23)16-15(19-17(16)21)13-5-3-2-4-12(13)14-9-10-6-7-11(14)8-10/h2-5,10-11,14-16H,6-9H2,1H3,(H,19,21)(H,22,23)/t10-,11+,14+,15?,16-/m0/s1. The second kappa shape index (κ2) is 5.25. The minimum Gasteiger partial charge on any atom is -0.465 e. The summed E-state index contributed by atoms with van der Waals surface area (Å²) in [5.41, 5.74) is 2.41. The number of rotatable bonds is 3. The van der Waals surface area contributed by atoms with Gasteiger partial charge < -0.3 is 10.4 Å². The third kappa shape index (κ3) is 2.21. The number of likely N-dealkylation sites (N-methyl/N-ethyl adjacent to an activating group) is 1. The van der Waals surface area contributed by atoms with E-state index in [-0.39, 0.29) is 11.9 Å². The van der Waals surface area contributed by atoms with Gasteiger partial charge in [0.1, 0.15) is 6.04 Å². The summed E-state index contributed by atoms with van der Waals surface area (Å²) in [6.45, 7) is 0. The first kappa shape index (κ1) is 14.5. The fourth-order valence-electron chi connectivity index (χ4n) is 4.90. The summed E-state index contributed by atoms with van der Waals surface area (Å²) in [6, 6.07) is 7.42. The first-order chi connectivity index (χ1) is 11.1. The van der Waals surface area contributed by atoms with Crippen LogP contribution < -0.4 is 5.32 Å². The number of β-lactam (4-membered cyclic amide) rings is 1. The average Bonchev–Trinajstić information content (AvgIpc) is 3.15. The van der Waals surface area contributed by atoms with Gasteiger partial charge >= 0.3 is 6.09 Å². The van der Waals surface area contributed by atoms with Gasteiger partial charge in [-0.15, -0.1) is 0 Å². The van der Waals surface area contributed by atoms with Crippen LogP contribution in [0.15, 0.2) is 24.3 Å². The highest BCUT2D eigenvalue weighted by Crippen LogP contribution is 2.54. The third-order valence-corrected chi connectivity index (χ3v) is 6.07. The van der Waals surface area contributed by atoms with E-state index in [1.165, 1.54) is 38.3 Å². The second-order valence-electron chi connectivity index (χ2n) is 7.23. The summed E-state index contributed by atoms with van der Waals surface area (Å²) in [5.74, 6) is 1.97. The molecule has 1 aromatic carbocycles. The molecule has 0 radical (unpaired) electrons. The van der Waals surface area contributed by atoms with Gasteiger partial charge in [0, 0.05) is 7.05 Å². The van der Waals surface area contributed by atoms with E-state index in [1.54, 1.807) is 0 Å². The largest absolute Gasteiger partial charge is 0.465 e. The topological polar surface area (TPSA) is 69.6 Å². The SMILES string of the molecule is CN(C(=O)O)[C@@H]1C(=O)NC1c1ccccc1[C@@H]1C[C@H]2CC[C@@H]1C2. The van der Waals surface area contributed by atoms with Gasteiger partial charge in [-0.25, -0.2) is 4.79 Å². The van der Waals surface area contributed by atoms with Gasteiger partial charge in [0.2, 0.25) is 5.91 Å². The lowest BCUT2D eigenvalue weighted by molar-refractivity contribution is -0.136. The van der Waals surface area contributed by atoms with Crippen LogP contribution in [0.3, 0.4) is 0 Å². The Morgan fingerprint density at radius 2 is 1.96 bits per heavy atom. The molecule has 2 aliphatic carbocycles. The van der Waals surface area contributed by atoms with Crippen molar-refractivity contribution in [1.82, 2.24) is 10.2 Å². The van der Waals surface area contributed by atoms with E-state index < -0.39 is 12.1 Å². The Hall–Kier alpha value is -2.04. The molecule has 1 aliphatic heterocycles. The third-order valence-electron chi connectivity index (χ3n) is 6.07. The van der Waals surface area contributed by atoms with Crippen molar-refractivity contribution in [2.45, 2.75) is 43.7 Å². The Labute approximate surface area is 135 Å². The first-order valence-electron chi connectivity index (χ1n) is 8.41. The molecule has 1 heterocycles. The zero-order valence-electron chi connectivity index (χ0n) is 13.2. The molecule has 5 heteroatoms. The summed E-state index contributed by atoms with van der Waals surface area (Å²) >= 11 is 0. The molecular formula is C18H22N2O3. The molecule has 5 nitrogen and oxygen atoms in total. The Kier molecular flexibility index (Phi) is 3.32. The number of carboxylic acid groups (broad SMARTS) is 1. The molecular weight excluding hydrogens is 292 g/mol. The highest BCUT2D eigenvalue weighted by molar-refractivity contribution is 5.92. The van der Waals surface area contributed by atoms with Crippen molar-refractivity contribution in [2.75, 3.05) is 7.05 Å². The van der Waals surface area contributed by atoms with E-state index in [9.17, 15) is 14.7 Å². The van der Waals surface area contributed by atoms with Crippen molar-refractivity contribution in [2.24, 2.45) is 11.8 Å². The molecule has 2 amide bonds. The van der Waals surface area contributed by atoms with E-state index in [0.717, 1.165) is 22.3 Å². The highest BCUT2D eigenvalue weighted by Gasteiger charge is 2.47. The number of fused-ring (bicyclic) bond motifs is 2. The average molecular weight is 314 g/mol. The number of hydrogen-bond acceptors (Lipinski definition) is 2. The maximum absolute atomic E-state index is 11.9. The maximum Gasteiger partial charge on any atom is 0.407 e. The predicted octanol–water partition coefficient (Wildman–Crippen LogP) is 2.74. The quantitative estimate of drug-likeness (QED) is 0.843. The summed E-state index contributed by atoms with van der Waals surface area (Å²) in [6.07, 6.45) is 4.16. The van der Waals surface area contributed by atoms with Gasteiger partial charge in [-0.3, -0.25) is 9.69 Å². The lowest BCUT2D eigenvalue weighted by atomic mass is 9.77. The highest BCUT2D eigenvalue weighted by atomic mass is 16.4. The Bertz CT molecular complexity index is 659. The molecule has 23 heavy (non-hydrogen) atoms. The summed E-state index contributed by atoms with van der Waals surface area (Å²) in [5, 5.41) is 12.1. The molecule has 1 aromatic rings. The van der Waals surface area contributed by atoms with Crippen LogP contribution in [0, 0.1) is 11.8 Å². The minimum atomic E-state index is -1.06. The molecule has 0 spiro atoms. The van der Waals surface area contributed by atoms with Crippen molar-refractivity contribution in [1.29, 1.82) is 0 Å². The van der Waals surface area contributed by atoms with Gasteiger partial charge in [0.15, 0.2) is 0 Å². The molecule has 5 atom stereocenters. The Balaban J connectivity index is 1.65. The number of carbonyl (C=O) groups excluding carboxylic acids is 1. The number of nitrogens with one attached hydrogen (secondary N) is 1. The number of nitrogens with zero attached hydrogens (tertiary/aromatic N) is 1. The van der Waals surface area contributed by atoms with E-state index >= 15 is 0 Å². The molecule has 2 saturated carbocycles. The Morgan fingerprint density at radius 1 is 1.22 bits per heavy atom. The van der Waals surface area contributed by atoms with Gasteiger partial charge in [-0.05, 0) is 48.1 Å². The molecule has 2 N–H and O–H groups in total. The minimum absolute atomic E-state index is 0.206. The number of benzene rings is 1. The summed E-state index contributed by atoms with van der Waals surface area (Å²) in [4.78, 5) is 24.3. The summed E-state index contributed by atoms with van der Waals surface area (Å²) in [7, 11) is 1.47. The molecule has 1 unspecified atom stereocenters. The fraction of sp³-hybridized carbons (Fsp3) is 0.556. The lowest BCUT2D eigenvalue weighted by Crippen LogP contribution is -2.64. The molecule has 1 saturated heterocycles. The van der Waals surface area contributed by atoms with Gasteiger partial charge in [-0.2, -0.15) is 0 Å². The van der Waals surface area contributed by atoms with Crippen LogP contribution in [0.2, 0.25) is 0 Å². The van der Waals surface area contributed by atoms with Crippen LogP contribution in [0.25, 0.3) is 0 Å². The van der Waals surface area contributed by atoms with Gasteiger partial charge in [0.05, 0.1) is 6.04 Å². The number of hydrogen-bond donors (Lipinski definition) is 2. The van der Waals surface area contributed by atoms with Crippen LogP contribution in [-0.2, 0) is 4.79 Å².